The number of ether oxygens (including phenoxy) is 1. The number of nitrogens with one attached hydrogen (secondary N) is 2. The molecule has 6 nitrogen and oxygen atoms in total. The van der Waals surface area contributed by atoms with E-state index in [-0.39, 0.29) is 23.6 Å². The summed E-state index contributed by atoms with van der Waals surface area (Å²) in [4.78, 5) is 27.7. The van der Waals surface area contributed by atoms with Crippen molar-refractivity contribution in [3.05, 3.63) is 29.6 Å². The second-order valence-electron chi connectivity index (χ2n) is 4.66. The predicted molar refractivity (Wildman–Crippen MR) is 75.7 cm³/mol. The zero-order valence-electron chi connectivity index (χ0n) is 12.1. The minimum atomic E-state index is -0.291. The average molecular weight is 279 g/mol. The van der Waals surface area contributed by atoms with Crippen molar-refractivity contribution in [2.45, 2.75) is 26.3 Å². The summed E-state index contributed by atoms with van der Waals surface area (Å²) in [6.45, 7) is 4.85. The molecule has 20 heavy (non-hydrogen) atoms. The van der Waals surface area contributed by atoms with Crippen LogP contribution in [0, 0.1) is 0 Å². The maximum atomic E-state index is 11.9. The van der Waals surface area contributed by atoms with E-state index in [1.54, 1.807) is 13.2 Å². The van der Waals surface area contributed by atoms with Gasteiger partial charge < -0.3 is 15.4 Å². The van der Waals surface area contributed by atoms with Crippen LogP contribution in [-0.2, 0) is 4.74 Å². The van der Waals surface area contributed by atoms with Gasteiger partial charge in [0.1, 0.15) is 5.69 Å². The molecule has 0 aliphatic heterocycles. The van der Waals surface area contributed by atoms with Crippen LogP contribution in [0.5, 0.6) is 0 Å². The number of pyridine rings is 1. The molecule has 0 unspecified atom stereocenters. The van der Waals surface area contributed by atoms with Crippen molar-refractivity contribution >= 4 is 11.8 Å². The van der Waals surface area contributed by atoms with Crippen molar-refractivity contribution in [2.24, 2.45) is 0 Å². The van der Waals surface area contributed by atoms with Gasteiger partial charge in [-0.2, -0.15) is 0 Å². The van der Waals surface area contributed by atoms with Crippen molar-refractivity contribution in [2.75, 3.05) is 20.3 Å². The number of carbonyl (C=O) groups excluding carboxylic acids is 2. The quantitative estimate of drug-likeness (QED) is 0.729. The summed E-state index contributed by atoms with van der Waals surface area (Å²) in [6, 6.07) is 3.12. The molecule has 2 N–H and O–H groups in total. The number of aromatic nitrogens is 1. The van der Waals surface area contributed by atoms with Crippen LogP contribution in [0.4, 0.5) is 0 Å². The highest BCUT2D eigenvalue weighted by Crippen LogP contribution is 2.02. The highest BCUT2D eigenvalue weighted by molar-refractivity contribution is 5.98. The van der Waals surface area contributed by atoms with Gasteiger partial charge in [0, 0.05) is 38.1 Å². The van der Waals surface area contributed by atoms with Gasteiger partial charge in [0.15, 0.2) is 0 Å². The van der Waals surface area contributed by atoms with Crippen LogP contribution in [0.15, 0.2) is 18.3 Å². The first kappa shape index (κ1) is 16.1. The number of rotatable bonds is 7. The predicted octanol–water partition coefficient (Wildman–Crippen LogP) is 0.986. The van der Waals surface area contributed by atoms with Gasteiger partial charge in [-0.1, -0.05) is 0 Å². The lowest BCUT2D eigenvalue weighted by Crippen LogP contribution is -2.31. The molecule has 0 aliphatic carbocycles. The van der Waals surface area contributed by atoms with E-state index in [2.05, 4.69) is 15.6 Å². The van der Waals surface area contributed by atoms with E-state index in [0.29, 0.717) is 18.7 Å². The van der Waals surface area contributed by atoms with Gasteiger partial charge in [-0.25, -0.2) is 0 Å². The first-order valence-electron chi connectivity index (χ1n) is 6.58. The Bertz CT molecular complexity index is 461. The molecule has 0 bridgehead atoms. The summed E-state index contributed by atoms with van der Waals surface area (Å²) in [5.41, 5.74) is 0.662. The van der Waals surface area contributed by atoms with Crippen molar-refractivity contribution < 1.29 is 14.3 Å². The first-order valence-corrected chi connectivity index (χ1v) is 6.58. The standard InChI is InChI=1S/C14H21N3O3/c1-10(2)17-13(18)11-5-7-15-12(9-11)14(19)16-6-4-8-20-3/h5,7,9-10H,4,6,8H2,1-3H3,(H,16,19)(H,17,18). The zero-order valence-corrected chi connectivity index (χ0v) is 12.1. The summed E-state index contributed by atoms with van der Waals surface area (Å²) in [5, 5.41) is 5.50. The number of hydrogen-bond acceptors (Lipinski definition) is 4. The Morgan fingerprint density at radius 2 is 2.10 bits per heavy atom. The van der Waals surface area contributed by atoms with E-state index in [1.165, 1.54) is 12.3 Å². The molecule has 1 rings (SSSR count). The van der Waals surface area contributed by atoms with Crippen LogP contribution >= 0.6 is 0 Å². The minimum Gasteiger partial charge on any atom is -0.385 e. The normalized spacial score (nSPS) is 10.4. The average Bonchev–Trinajstić information content (AvgIpc) is 2.43. The van der Waals surface area contributed by atoms with Gasteiger partial charge in [0.05, 0.1) is 0 Å². The van der Waals surface area contributed by atoms with Gasteiger partial charge in [-0.3, -0.25) is 14.6 Å². The van der Waals surface area contributed by atoms with Crippen LogP contribution in [0.3, 0.4) is 0 Å². The Kier molecular flexibility index (Phi) is 6.66. The lowest BCUT2D eigenvalue weighted by Gasteiger charge is -2.09. The van der Waals surface area contributed by atoms with E-state index in [0.717, 1.165) is 6.42 Å². The zero-order chi connectivity index (χ0) is 15.0. The number of amides is 2. The molecule has 0 radical (unpaired) electrons. The van der Waals surface area contributed by atoms with Crippen molar-refractivity contribution in [1.29, 1.82) is 0 Å². The number of nitrogens with zero attached hydrogens (tertiary/aromatic N) is 1. The smallest absolute Gasteiger partial charge is 0.269 e. The third-order valence-corrected chi connectivity index (χ3v) is 2.49. The SMILES string of the molecule is COCCCNC(=O)c1cc(C(=O)NC(C)C)ccn1. The highest BCUT2D eigenvalue weighted by atomic mass is 16.5. The molecule has 110 valence electrons. The molecule has 0 spiro atoms. The number of hydrogen-bond donors (Lipinski definition) is 2. The molecular weight excluding hydrogens is 258 g/mol. The van der Waals surface area contributed by atoms with Crippen LogP contribution in [0.25, 0.3) is 0 Å². The fourth-order valence-electron chi connectivity index (χ4n) is 1.55. The maximum Gasteiger partial charge on any atom is 0.269 e. The van der Waals surface area contributed by atoms with Gasteiger partial charge in [0.2, 0.25) is 0 Å². The highest BCUT2D eigenvalue weighted by Gasteiger charge is 2.11. The number of carbonyl (C=O) groups is 2. The Labute approximate surface area is 118 Å². The molecule has 6 heteroatoms. The minimum absolute atomic E-state index is 0.0435. The molecular formula is C14H21N3O3. The topological polar surface area (TPSA) is 80.3 Å². The second kappa shape index (κ2) is 8.27. The Morgan fingerprint density at radius 3 is 2.75 bits per heavy atom. The fraction of sp³-hybridized carbons (Fsp3) is 0.500. The summed E-state index contributed by atoms with van der Waals surface area (Å²) < 4.78 is 4.90. The van der Waals surface area contributed by atoms with Crippen LogP contribution < -0.4 is 10.6 Å². The molecule has 0 saturated heterocycles. The van der Waals surface area contributed by atoms with E-state index >= 15 is 0 Å². The van der Waals surface area contributed by atoms with E-state index in [1.807, 2.05) is 13.8 Å². The summed E-state index contributed by atoms with van der Waals surface area (Å²) >= 11 is 0. The molecule has 2 amide bonds. The molecule has 0 aliphatic rings. The van der Waals surface area contributed by atoms with Gasteiger partial charge in [-0.15, -0.1) is 0 Å². The molecule has 1 heterocycles. The molecule has 0 atom stereocenters. The van der Waals surface area contributed by atoms with Gasteiger partial charge >= 0.3 is 0 Å². The Hall–Kier alpha value is -1.95. The fourth-order valence-corrected chi connectivity index (χ4v) is 1.55. The summed E-state index contributed by atoms with van der Waals surface area (Å²) in [7, 11) is 1.61. The van der Waals surface area contributed by atoms with Crippen molar-refractivity contribution in [3.8, 4) is 0 Å². The van der Waals surface area contributed by atoms with Gasteiger partial charge in [0.25, 0.3) is 11.8 Å². The van der Waals surface area contributed by atoms with Crippen molar-refractivity contribution in [1.82, 2.24) is 15.6 Å². The third-order valence-electron chi connectivity index (χ3n) is 2.49. The lowest BCUT2D eigenvalue weighted by atomic mass is 10.2. The second-order valence-corrected chi connectivity index (χ2v) is 4.66. The molecule has 0 aromatic carbocycles. The van der Waals surface area contributed by atoms with E-state index in [4.69, 9.17) is 4.74 Å². The molecule has 0 fully saturated rings. The molecule has 0 saturated carbocycles. The lowest BCUT2D eigenvalue weighted by molar-refractivity contribution is 0.0943. The van der Waals surface area contributed by atoms with E-state index < -0.39 is 0 Å². The summed E-state index contributed by atoms with van der Waals surface area (Å²) in [6.07, 6.45) is 2.19. The molecule has 1 aromatic heterocycles. The molecule has 1 aromatic rings. The van der Waals surface area contributed by atoms with Gasteiger partial charge in [-0.05, 0) is 32.4 Å². The Balaban J connectivity index is 2.62. The van der Waals surface area contributed by atoms with Crippen LogP contribution in [-0.4, -0.2) is 43.1 Å². The number of methoxy groups -OCH3 is 1. The largest absolute Gasteiger partial charge is 0.385 e. The van der Waals surface area contributed by atoms with Crippen molar-refractivity contribution in [3.63, 3.8) is 0 Å². The van der Waals surface area contributed by atoms with Crippen LogP contribution in [0.2, 0.25) is 0 Å². The maximum absolute atomic E-state index is 11.9. The summed E-state index contributed by atoms with van der Waals surface area (Å²) in [5.74, 6) is -0.504. The van der Waals surface area contributed by atoms with Crippen LogP contribution in [0.1, 0.15) is 41.1 Å². The Morgan fingerprint density at radius 1 is 1.35 bits per heavy atom. The first-order chi connectivity index (χ1) is 9.54. The van der Waals surface area contributed by atoms with E-state index in [9.17, 15) is 9.59 Å². The monoisotopic (exact) mass is 279 g/mol. The third kappa shape index (κ3) is 5.36.